The van der Waals surface area contributed by atoms with Crippen LogP contribution in [0.4, 0.5) is 5.13 Å². The topological polar surface area (TPSA) is 83.4 Å². The molecule has 0 bridgehead atoms. The maximum absolute atomic E-state index is 13.4. The van der Waals surface area contributed by atoms with Gasteiger partial charge in [0.15, 0.2) is 5.13 Å². The maximum Gasteiger partial charge on any atom is 0.301 e. The number of Topliss-reactive ketones (excluding diaryl/α,β-unsaturated/α-hetero) is 1. The molecule has 1 unspecified atom stereocenters. The number of ketones is 1. The van der Waals surface area contributed by atoms with Gasteiger partial charge in [0.2, 0.25) is 0 Å². The molecule has 6 nitrogen and oxygen atoms in total. The van der Waals surface area contributed by atoms with E-state index in [4.69, 9.17) is 4.98 Å². The molecule has 0 spiro atoms. The Hall–Kier alpha value is -3.84. The summed E-state index contributed by atoms with van der Waals surface area (Å²) in [7, 11) is 0. The lowest BCUT2D eigenvalue weighted by Gasteiger charge is -2.23. The quantitative estimate of drug-likeness (QED) is 0.234. The van der Waals surface area contributed by atoms with E-state index in [9.17, 15) is 14.7 Å². The second kappa shape index (κ2) is 8.50. The molecule has 170 valence electrons. The van der Waals surface area contributed by atoms with Crippen molar-refractivity contribution in [3.8, 4) is 0 Å². The Morgan fingerprint density at radius 3 is 2.53 bits per heavy atom. The Morgan fingerprint density at radius 2 is 1.82 bits per heavy atom. The van der Waals surface area contributed by atoms with Gasteiger partial charge in [-0.1, -0.05) is 61.1 Å². The summed E-state index contributed by atoms with van der Waals surface area (Å²) >= 11 is 1.37. The molecule has 7 heteroatoms. The number of fused-ring (bicyclic) bond motifs is 1. The molecule has 2 aromatic heterocycles. The summed E-state index contributed by atoms with van der Waals surface area (Å²) < 4.78 is 0.945. The van der Waals surface area contributed by atoms with E-state index < -0.39 is 17.7 Å². The minimum atomic E-state index is -0.793. The third kappa shape index (κ3) is 3.68. The summed E-state index contributed by atoms with van der Waals surface area (Å²) in [6, 6.07) is 16.1. The van der Waals surface area contributed by atoms with Crippen molar-refractivity contribution in [3.63, 3.8) is 0 Å². The van der Waals surface area contributed by atoms with E-state index in [2.05, 4.69) is 24.9 Å². The van der Waals surface area contributed by atoms with Crippen molar-refractivity contribution in [2.75, 3.05) is 4.90 Å². The summed E-state index contributed by atoms with van der Waals surface area (Å²) in [5.41, 5.74) is 4.14. The van der Waals surface area contributed by atoms with Crippen molar-refractivity contribution >= 4 is 44.1 Å². The van der Waals surface area contributed by atoms with Crippen LogP contribution in [0.25, 0.3) is 16.0 Å². The van der Waals surface area contributed by atoms with Crippen molar-refractivity contribution < 1.29 is 14.7 Å². The maximum atomic E-state index is 13.4. The minimum Gasteiger partial charge on any atom is -0.507 e. The number of hydrogen-bond acceptors (Lipinski definition) is 6. The highest BCUT2D eigenvalue weighted by atomic mass is 32.1. The number of pyridine rings is 1. The predicted molar refractivity (Wildman–Crippen MR) is 134 cm³/mol. The number of carbonyl (C=O) groups is 2. The number of amides is 1. The van der Waals surface area contributed by atoms with Crippen molar-refractivity contribution in [2.24, 2.45) is 0 Å². The van der Waals surface area contributed by atoms with Crippen molar-refractivity contribution in [1.29, 1.82) is 0 Å². The molecule has 3 heterocycles. The van der Waals surface area contributed by atoms with Gasteiger partial charge in [0.05, 0.1) is 21.8 Å². The molecule has 4 aromatic rings. The Labute approximate surface area is 201 Å². The third-order valence-electron chi connectivity index (χ3n) is 6.03. The zero-order valence-electron chi connectivity index (χ0n) is 19.0. The summed E-state index contributed by atoms with van der Waals surface area (Å²) in [6.45, 7) is 6.20. The van der Waals surface area contributed by atoms with E-state index in [1.165, 1.54) is 34.2 Å². The Bertz CT molecular complexity index is 1460. The largest absolute Gasteiger partial charge is 0.507 e. The fourth-order valence-corrected chi connectivity index (χ4v) is 5.28. The number of hydrogen-bond donors (Lipinski definition) is 1. The molecule has 5 rings (SSSR count). The molecular weight excluding hydrogens is 446 g/mol. The summed E-state index contributed by atoms with van der Waals surface area (Å²) in [4.78, 5) is 36.7. The monoisotopic (exact) mass is 469 g/mol. The number of carbonyl (C=O) groups excluding carboxylic acids is 2. The number of benzene rings is 2. The number of rotatable bonds is 4. The average Bonchev–Trinajstić information content (AvgIpc) is 3.37. The van der Waals surface area contributed by atoms with Gasteiger partial charge in [-0.25, -0.2) is 4.98 Å². The SMILES string of the molecule is Cc1cccc(C2/C(=C(\O)c3ccncc3)C(=O)C(=O)N2c2nc3ccc(C(C)C)cc3s2)c1. The number of aryl methyl sites for hydroxylation is 1. The molecular formula is C27H23N3O3S. The van der Waals surface area contributed by atoms with Crippen molar-refractivity contribution in [3.05, 3.63) is 94.8 Å². The van der Waals surface area contributed by atoms with Gasteiger partial charge in [-0.3, -0.25) is 19.5 Å². The van der Waals surface area contributed by atoms with E-state index in [0.717, 1.165) is 21.3 Å². The number of anilines is 1. The van der Waals surface area contributed by atoms with Gasteiger partial charge in [0, 0.05) is 18.0 Å². The van der Waals surface area contributed by atoms with Crippen molar-refractivity contribution in [1.82, 2.24) is 9.97 Å². The number of aliphatic hydroxyl groups excluding tert-OH is 1. The Balaban J connectivity index is 1.72. The van der Waals surface area contributed by atoms with Crippen LogP contribution in [-0.4, -0.2) is 26.8 Å². The minimum absolute atomic E-state index is 0.0453. The first-order chi connectivity index (χ1) is 16.3. The molecule has 0 aliphatic carbocycles. The second-order valence-electron chi connectivity index (χ2n) is 8.70. The Morgan fingerprint density at radius 1 is 1.06 bits per heavy atom. The molecule has 0 radical (unpaired) electrons. The first kappa shape index (κ1) is 22.0. The lowest BCUT2D eigenvalue weighted by atomic mass is 9.95. The van der Waals surface area contributed by atoms with Crippen LogP contribution in [0.15, 0.2) is 72.6 Å². The van der Waals surface area contributed by atoms with Gasteiger partial charge in [-0.05, 0) is 48.2 Å². The molecule has 1 amide bonds. The van der Waals surface area contributed by atoms with Gasteiger partial charge in [-0.15, -0.1) is 0 Å². The van der Waals surface area contributed by atoms with Gasteiger partial charge in [0.1, 0.15) is 5.76 Å². The van der Waals surface area contributed by atoms with E-state index in [1.54, 1.807) is 12.1 Å². The van der Waals surface area contributed by atoms with Crippen LogP contribution in [0, 0.1) is 6.92 Å². The van der Waals surface area contributed by atoms with Crippen LogP contribution < -0.4 is 4.90 Å². The van der Waals surface area contributed by atoms with E-state index in [-0.39, 0.29) is 11.3 Å². The van der Waals surface area contributed by atoms with Crippen LogP contribution >= 0.6 is 11.3 Å². The first-order valence-corrected chi connectivity index (χ1v) is 11.8. The smallest absolute Gasteiger partial charge is 0.301 e. The van der Waals surface area contributed by atoms with Crippen LogP contribution in [-0.2, 0) is 9.59 Å². The summed E-state index contributed by atoms with van der Waals surface area (Å²) in [6.07, 6.45) is 3.07. The van der Waals surface area contributed by atoms with Gasteiger partial charge in [0.25, 0.3) is 5.78 Å². The normalized spacial score (nSPS) is 17.8. The lowest BCUT2D eigenvalue weighted by Crippen LogP contribution is -2.29. The fraction of sp³-hybridized carbons (Fsp3) is 0.185. The average molecular weight is 470 g/mol. The molecule has 1 saturated heterocycles. The number of nitrogens with zero attached hydrogens (tertiary/aromatic N) is 3. The zero-order valence-corrected chi connectivity index (χ0v) is 19.8. The number of thiazole rings is 1. The molecule has 0 saturated carbocycles. The van der Waals surface area contributed by atoms with Gasteiger partial charge < -0.3 is 5.11 Å². The highest BCUT2D eigenvalue weighted by molar-refractivity contribution is 7.22. The van der Waals surface area contributed by atoms with Crippen LogP contribution in [0.3, 0.4) is 0 Å². The molecule has 1 N–H and O–H groups in total. The fourth-order valence-electron chi connectivity index (χ4n) is 4.24. The lowest BCUT2D eigenvalue weighted by molar-refractivity contribution is -0.132. The molecule has 2 aromatic carbocycles. The number of aromatic nitrogens is 2. The zero-order chi connectivity index (χ0) is 24.0. The summed E-state index contributed by atoms with van der Waals surface area (Å²) in [5.74, 6) is -1.30. The molecule has 1 fully saturated rings. The van der Waals surface area contributed by atoms with E-state index in [1.807, 2.05) is 43.3 Å². The van der Waals surface area contributed by atoms with E-state index in [0.29, 0.717) is 16.6 Å². The molecule has 34 heavy (non-hydrogen) atoms. The Kier molecular flexibility index (Phi) is 5.49. The van der Waals surface area contributed by atoms with Crippen LogP contribution in [0.2, 0.25) is 0 Å². The standard InChI is InChI=1S/C27H23N3O3S/c1-15(2)18-7-8-20-21(14-18)34-27(29-20)30-23(19-6-4-5-16(3)13-19)22(25(32)26(30)33)24(31)17-9-11-28-12-10-17/h4-15,23,31H,1-3H3/b24-22+. The predicted octanol–water partition coefficient (Wildman–Crippen LogP) is 5.75. The van der Waals surface area contributed by atoms with Gasteiger partial charge >= 0.3 is 5.91 Å². The number of aliphatic hydroxyl groups is 1. The molecule has 1 aliphatic rings. The van der Waals surface area contributed by atoms with Crippen molar-refractivity contribution in [2.45, 2.75) is 32.7 Å². The first-order valence-electron chi connectivity index (χ1n) is 11.0. The third-order valence-corrected chi connectivity index (χ3v) is 7.05. The van der Waals surface area contributed by atoms with Crippen LogP contribution in [0.5, 0.6) is 0 Å². The van der Waals surface area contributed by atoms with Crippen LogP contribution in [0.1, 0.15) is 48.1 Å². The summed E-state index contributed by atoms with van der Waals surface area (Å²) in [5, 5.41) is 11.6. The van der Waals surface area contributed by atoms with Gasteiger partial charge in [-0.2, -0.15) is 0 Å². The molecule has 1 atom stereocenters. The van der Waals surface area contributed by atoms with E-state index >= 15 is 0 Å². The second-order valence-corrected chi connectivity index (χ2v) is 9.71. The molecule has 1 aliphatic heterocycles. The highest BCUT2D eigenvalue weighted by Gasteiger charge is 2.48. The highest BCUT2D eigenvalue weighted by Crippen LogP contribution is 2.44.